The van der Waals surface area contributed by atoms with E-state index in [-0.39, 0.29) is 5.92 Å². The van der Waals surface area contributed by atoms with E-state index in [2.05, 4.69) is 11.1 Å². The van der Waals surface area contributed by atoms with Gasteiger partial charge in [-0.05, 0) is 18.6 Å². The number of nitrogens with zero attached hydrogens (tertiary/aromatic N) is 1. The number of hydrogen-bond donors (Lipinski definition) is 0. The average Bonchev–Trinajstić information content (AvgIpc) is 2.56. The molecule has 0 N–H and O–H groups in total. The van der Waals surface area contributed by atoms with Gasteiger partial charge in [-0.3, -0.25) is 0 Å². The van der Waals surface area contributed by atoms with Gasteiger partial charge in [0.15, 0.2) is 5.92 Å². The molecule has 0 aliphatic heterocycles. The minimum absolute atomic E-state index is 0.0810. The van der Waals surface area contributed by atoms with Crippen molar-refractivity contribution in [3.8, 4) is 6.07 Å². The standard InChI is InChI=1S/C9H11NO2/c1-2-4-8(7-10-11)9-5-3-6-12-9/h3,5-6,8H,2,4H2,1H3. The zero-order chi connectivity index (χ0) is 8.81. The summed E-state index contributed by atoms with van der Waals surface area (Å²) in [5.74, 6) is 0.680. The maximum Gasteiger partial charge on any atom is 0.309 e. The lowest BCUT2D eigenvalue weighted by molar-refractivity contribution is 0.482. The first kappa shape index (κ1) is 8.66. The van der Waals surface area contributed by atoms with Crippen LogP contribution in [0.3, 0.4) is 0 Å². The summed E-state index contributed by atoms with van der Waals surface area (Å²) in [6, 6.07) is 6.09. The lowest BCUT2D eigenvalue weighted by Gasteiger charge is -1.98. The summed E-state index contributed by atoms with van der Waals surface area (Å²) < 4.78 is 5.14. The smallest absolute Gasteiger partial charge is 0.309 e. The van der Waals surface area contributed by atoms with E-state index in [9.17, 15) is 5.21 Å². The summed E-state index contributed by atoms with van der Waals surface area (Å²) >= 11 is 0. The van der Waals surface area contributed by atoms with Crippen molar-refractivity contribution in [1.82, 2.24) is 0 Å². The Balaban J connectivity index is 2.71. The van der Waals surface area contributed by atoms with E-state index in [0.29, 0.717) is 0 Å². The normalized spacial score (nSPS) is 11.8. The molecule has 0 aliphatic rings. The molecule has 12 heavy (non-hydrogen) atoms. The van der Waals surface area contributed by atoms with Crippen molar-refractivity contribution in [2.24, 2.45) is 0 Å². The minimum atomic E-state index is -0.0810. The second-order valence-electron chi connectivity index (χ2n) is 2.58. The number of rotatable bonds is 3. The van der Waals surface area contributed by atoms with Gasteiger partial charge in [0.1, 0.15) is 5.76 Å². The predicted octanol–water partition coefficient (Wildman–Crippen LogP) is 2.99. The quantitative estimate of drug-likeness (QED) is 0.646. The summed E-state index contributed by atoms with van der Waals surface area (Å²) in [5.41, 5.74) is 0. The van der Waals surface area contributed by atoms with Gasteiger partial charge in [-0.2, -0.15) is 0 Å². The molecule has 0 saturated carbocycles. The van der Waals surface area contributed by atoms with E-state index in [1.807, 2.05) is 13.0 Å². The minimum Gasteiger partial charge on any atom is -0.498 e. The zero-order valence-corrected chi connectivity index (χ0v) is 6.99. The Hall–Kier alpha value is -1.43. The van der Waals surface area contributed by atoms with E-state index >= 15 is 0 Å². The molecule has 1 rings (SSSR count). The molecule has 0 amide bonds. The fraction of sp³-hybridized carbons (Fsp3) is 0.444. The lowest BCUT2D eigenvalue weighted by atomic mass is 10.0. The van der Waals surface area contributed by atoms with Gasteiger partial charge < -0.3 is 9.62 Å². The molecule has 3 heteroatoms. The van der Waals surface area contributed by atoms with E-state index in [1.54, 1.807) is 12.3 Å². The van der Waals surface area contributed by atoms with Gasteiger partial charge in [0.25, 0.3) is 0 Å². The molecule has 1 unspecified atom stereocenters. The molecule has 0 aromatic carbocycles. The Bertz CT molecular complexity index is 268. The molecule has 3 nitrogen and oxygen atoms in total. The third-order valence-corrected chi connectivity index (χ3v) is 1.67. The molecule has 1 atom stereocenters. The summed E-state index contributed by atoms with van der Waals surface area (Å²) in [4.78, 5) is 0. The highest BCUT2D eigenvalue weighted by molar-refractivity contribution is 5.16. The third-order valence-electron chi connectivity index (χ3n) is 1.67. The second-order valence-corrected chi connectivity index (χ2v) is 2.58. The van der Waals surface area contributed by atoms with Crippen LogP contribution >= 0.6 is 0 Å². The highest BCUT2D eigenvalue weighted by Gasteiger charge is 2.15. The summed E-state index contributed by atoms with van der Waals surface area (Å²) in [6.45, 7) is 2.04. The second kappa shape index (κ2) is 4.45. The van der Waals surface area contributed by atoms with Gasteiger partial charge in [-0.1, -0.05) is 13.3 Å². The van der Waals surface area contributed by atoms with Gasteiger partial charge >= 0.3 is 6.07 Å². The van der Waals surface area contributed by atoms with Crippen LogP contribution in [0.2, 0.25) is 0 Å². The maximum absolute atomic E-state index is 9.98. The van der Waals surface area contributed by atoms with E-state index in [1.165, 1.54) is 0 Å². The zero-order valence-electron chi connectivity index (χ0n) is 6.99. The first-order valence-electron chi connectivity index (χ1n) is 3.99. The predicted molar refractivity (Wildman–Crippen MR) is 47.0 cm³/mol. The van der Waals surface area contributed by atoms with Gasteiger partial charge in [0.2, 0.25) is 0 Å². The van der Waals surface area contributed by atoms with Gasteiger partial charge in [0, 0.05) is 5.01 Å². The Morgan fingerprint density at radius 3 is 3.08 bits per heavy atom. The fourth-order valence-electron chi connectivity index (χ4n) is 1.11. The van der Waals surface area contributed by atoms with Crippen molar-refractivity contribution in [3.63, 3.8) is 0 Å². The molecule has 1 aromatic heterocycles. The first-order valence-corrected chi connectivity index (χ1v) is 3.99. The largest absolute Gasteiger partial charge is 0.498 e. The summed E-state index contributed by atoms with van der Waals surface area (Å²) in [7, 11) is 0. The van der Waals surface area contributed by atoms with Crippen LogP contribution in [0.5, 0.6) is 0 Å². The van der Waals surface area contributed by atoms with Crippen LogP contribution in [0, 0.1) is 11.3 Å². The van der Waals surface area contributed by atoms with Crippen molar-refractivity contribution >= 4 is 0 Å². The molecule has 1 heterocycles. The Morgan fingerprint density at radius 2 is 2.58 bits per heavy atom. The monoisotopic (exact) mass is 165 g/mol. The molecular formula is C9H11NO2. The molecule has 0 fully saturated rings. The first-order chi connectivity index (χ1) is 5.88. The van der Waals surface area contributed by atoms with Crippen molar-refractivity contribution in [1.29, 1.82) is 0 Å². The van der Waals surface area contributed by atoms with Crippen LogP contribution in [-0.2, 0) is 0 Å². The van der Waals surface area contributed by atoms with Crippen molar-refractivity contribution in [2.45, 2.75) is 25.7 Å². The Kier molecular flexibility index (Phi) is 3.21. The molecule has 0 spiro atoms. The molecule has 64 valence electrons. The molecular weight excluding hydrogens is 154 g/mol. The average molecular weight is 165 g/mol. The molecule has 1 aromatic rings. The number of hydrogen-bond acceptors (Lipinski definition) is 2. The highest BCUT2D eigenvalue weighted by atomic mass is 16.4. The molecule has 0 bridgehead atoms. The van der Waals surface area contributed by atoms with Crippen molar-refractivity contribution in [3.05, 3.63) is 34.4 Å². The Labute approximate surface area is 71.4 Å². The van der Waals surface area contributed by atoms with Crippen molar-refractivity contribution in [2.75, 3.05) is 0 Å². The molecule has 0 saturated heterocycles. The van der Waals surface area contributed by atoms with Crippen LogP contribution in [-0.4, -0.2) is 0 Å². The molecule has 0 aliphatic carbocycles. The van der Waals surface area contributed by atoms with E-state index in [0.717, 1.165) is 18.6 Å². The SMILES string of the molecule is CCCC(C#[N+][O-])c1ccco1. The topological polar surface area (TPSA) is 40.6 Å². The van der Waals surface area contributed by atoms with E-state index in [4.69, 9.17) is 4.42 Å². The van der Waals surface area contributed by atoms with Gasteiger partial charge in [-0.25, -0.2) is 0 Å². The summed E-state index contributed by atoms with van der Waals surface area (Å²) in [5, 5.41) is 12.6. The fourth-order valence-corrected chi connectivity index (χ4v) is 1.11. The van der Waals surface area contributed by atoms with Crippen LogP contribution in [0.25, 0.3) is 5.01 Å². The summed E-state index contributed by atoms with van der Waals surface area (Å²) in [6.07, 6.45) is 3.41. The third kappa shape index (κ3) is 2.03. The van der Waals surface area contributed by atoms with Crippen LogP contribution < -0.4 is 0 Å². The van der Waals surface area contributed by atoms with Crippen LogP contribution in [0.1, 0.15) is 31.4 Å². The van der Waals surface area contributed by atoms with Gasteiger partial charge in [0.05, 0.1) is 6.26 Å². The van der Waals surface area contributed by atoms with Crippen LogP contribution in [0.4, 0.5) is 0 Å². The van der Waals surface area contributed by atoms with Crippen molar-refractivity contribution < 1.29 is 4.42 Å². The maximum atomic E-state index is 9.98. The molecule has 0 radical (unpaired) electrons. The number of furan rings is 1. The van der Waals surface area contributed by atoms with E-state index < -0.39 is 0 Å². The van der Waals surface area contributed by atoms with Gasteiger partial charge in [-0.15, -0.1) is 0 Å². The highest BCUT2D eigenvalue weighted by Crippen LogP contribution is 2.20. The lowest BCUT2D eigenvalue weighted by Crippen LogP contribution is -1.92. The Morgan fingerprint density at radius 1 is 1.75 bits per heavy atom. The van der Waals surface area contributed by atoms with Crippen LogP contribution in [0.15, 0.2) is 22.8 Å².